The van der Waals surface area contributed by atoms with Crippen molar-refractivity contribution in [3.63, 3.8) is 0 Å². The van der Waals surface area contributed by atoms with Crippen LogP contribution in [0.1, 0.15) is 0 Å². The second-order valence-corrected chi connectivity index (χ2v) is 4.17. The zero-order valence-electron chi connectivity index (χ0n) is 5.73. The molecule has 2 heterocycles. The highest BCUT2D eigenvalue weighted by molar-refractivity contribution is 8.17. The Morgan fingerprint density at radius 3 is 3.27 bits per heavy atom. The van der Waals surface area contributed by atoms with Gasteiger partial charge in [0.2, 0.25) is 0 Å². The number of rotatable bonds is 1. The molecule has 2 rings (SSSR count). The standard InChI is InChI=1S/C7H6N2S2/c1-2-8-5-7(1)9-3-4-10-6-11-9/h1-4H,6H2. The van der Waals surface area contributed by atoms with Crippen molar-refractivity contribution in [2.24, 2.45) is 4.99 Å². The molecule has 2 aliphatic rings. The van der Waals surface area contributed by atoms with Gasteiger partial charge in [0, 0.05) is 12.4 Å². The molecular formula is C7H6N2S2. The highest BCUT2D eigenvalue weighted by Crippen LogP contribution is 2.30. The minimum atomic E-state index is 1.03. The Morgan fingerprint density at radius 1 is 1.64 bits per heavy atom. The molecule has 0 aromatic heterocycles. The molecule has 0 aliphatic carbocycles. The van der Waals surface area contributed by atoms with Crippen LogP contribution in [0.15, 0.2) is 28.4 Å². The Hall–Kier alpha value is -0.350. The van der Waals surface area contributed by atoms with Crippen LogP contribution in [0.4, 0.5) is 0 Å². The first kappa shape index (κ1) is 7.31. The van der Waals surface area contributed by atoms with E-state index >= 15 is 0 Å². The number of nitrogens with zero attached hydrogens (tertiary/aromatic N) is 2. The minimum Gasteiger partial charge on any atom is -0.292 e. The van der Waals surface area contributed by atoms with E-state index in [9.17, 15) is 0 Å². The predicted octanol–water partition coefficient (Wildman–Crippen LogP) is 2.12. The van der Waals surface area contributed by atoms with Crippen LogP contribution in [0.25, 0.3) is 0 Å². The lowest BCUT2D eigenvalue weighted by molar-refractivity contribution is 0.784. The van der Waals surface area contributed by atoms with Gasteiger partial charge in [0.15, 0.2) is 6.54 Å². The fourth-order valence-electron chi connectivity index (χ4n) is 0.789. The molecule has 0 unspecified atom stereocenters. The molecule has 2 nitrogen and oxygen atoms in total. The molecule has 0 bridgehead atoms. The highest BCUT2D eigenvalue weighted by atomic mass is 32.2. The molecule has 2 aliphatic heterocycles. The molecule has 0 aromatic rings. The third-order valence-corrected chi connectivity index (χ3v) is 3.15. The van der Waals surface area contributed by atoms with E-state index in [4.69, 9.17) is 0 Å². The molecule has 2 radical (unpaired) electrons. The van der Waals surface area contributed by atoms with Crippen molar-refractivity contribution in [2.45, 2.75) is 0 Å². The van der Waals surface area contributed by atoms with Crippen molar-refractivity contribution in [3.8, 4) is 0 Å². The molecule has 11 heavy (non-hydrogen) atoms. The summed E-state index contributed by atoms with van der Waals surface area (Å²) < 4.78 is 2.07. The van der Waals surface area contributed by atoms with Crippen LogP contribution in [-0.2, 0) is 0 Å². The number of hydrogen-bond acceptors (Lipinski definition) is 4. The quantitative estimate of drug-likeness (QED) is 0.578. The molecule has 0 fully saturated rings. The second kappa shape index (κ2) is 3.36. The van der Waals surface area contributed by atoms with Gasteiger partial charge in [0.05, 0.1) is 10.8 Å². The number of aliphatic imine (C=N–C) groups is 1. The molecule has 0 aromatic carbocycles. The zero-order valence-corrected chi connectivity index (χ0v) is 7.36. The Labute approximate surface area is 74.6 Å². The predicted molar refractivity (Wildman–Crippen MR) is 50.8 cm³/mol. The van der Waals surface area contributed by atoms with Gasteiger partial charge in [-0.25, -0.2) is 0 Å². The minimum absolute atomic E-state index is 1.03. The Bertz CT molecular complexity index is 233. The second-order valence-electron chi connectivity index (χ2n) is 1.97. The molecule has 0 N–H and O–H groups in total. The average Bonchev–Trinajstić information content (AvgIpc) is 2.58. The highest BCUT2D eigenvalue weighted by Gasteiger charge is 2.12. The fraction of sp³-hybridized carbons (Fsp3) is 0.143. The van der Waals surface area contributed by atoms with Crippen LogP contribution in [0.3, 0.4) is 0 Å². The van der Waals surface area contributed by atoms with Gasteiger partial charge in [-0.3, -0.25) is 9.30 Å². The van der Waals surface area contributed by atoms with Gasteiger partial charge in [0.1, 0.15) is 0 Å². The van der Waals surface area contributed by atoms with Crippen LogP contribution < -0.4 is 0 Å². The van der Waals surface area contributed by atoms with Gasteiger partial charge in [-0.15, -0.1) is 11.8 Å². The number of thioether (sulfide) groups is 1. The van der Waals surface area contributed by atoms with Crippen molar-refractivity contribution in [1.82, 2.24) is 4.31 Å². The maximum Gasteiger partial charge on any atom is 0.168 e. The summed E-state index contributed by atoms with van der Waals surface area (Å²) in [5, 5.41) is 3.15. The third kappa shape index (κ3) is 1.62. The summed E-state index contributed by atoms with van der Waals surface area (Å²) in [5.41, 5.74) is 1.03. The van der Waals surface area contributed by atoms with Crippen LogP contribution >= 0.6 is 23.7 Å². The monoisotopic (exact) mass is 182 g/mol. The SMILES string of the molecule is [C]1N=CC=C1N1C=CSCS1. The molecule has 0 saturated carbocycles. The average molecular weight is 182 g/mol. The molecule has 0 atom stereocenters. The van der Waals surface area contributed by atoms with E-state index in [1.807, 2.05) is 12.3 Å². The molecule has 0 amide bonds. The summed E-state index contributed by atoms with van der Waals surface area (Å²) in [6.07, 6.45) is 5.74. The van der Waals surface area contributed by atoms with Crippen molar-refractivity contribution in [1.29, 1.82) is 0 Å². The van der Waals surface area contributed by atoms with Gasteiger partial charge in [-0.2, -0.15) is 0 Å². The van der Waals surface area contributed by atoms with E-state index < -0.39 is 0 Å². The Kier molecular flexibility index (Phi) is 2.23. The van der Waals surface area contributed by atoms with Crippen LogP contribution in [0, 0.1) is 6.54 Å². The smallest absolute Gasteiger partial charge is 0.168 e. The van der Waals surface area contributed by atoms with Gasteiger partial charge in [-0.1, -0.05) is 0 Å². The van der Waals surface area contributed by atoms with Crippen molar-refractivity contribution in [2.75, 3.05) is 5.08 Å². The van der Waals surface area contributed by atoms with E-state index in [1.165, 1.54) is 0 Å². The zero-order chi connectivity index (χ0) is 7.52. The molecular weight excluding hydrogens is 176 g/mol. The van der Waals surface area contributed by atoms with Crippen LogP contribution in [0.2, 0.25) is 0 Å². The van der Waals surface area contributed by atoms with Crippen LogP contribution in [-0.4, -0.2) is 15.6 Å². The first-order valence-corrected chi connectivity index (χ1v) is 5.16. The van der Waals surface area contributed by atoms with E-state index in [0.717, 1.165) is 10.8 Å². The lowest BCUT2D eigenvalue weighted by Gasteiger charge is -2.21. The Balaban J connectivity index is 2.04. The van der Waals surface area contributed by atoms with Gasteiger partial charge >= 0.3 is 0 Å². The largest absolute Gasteiger partial charge is 0.292 e. The summed E-state index contributed by atoms with van der Waals surface area (Å²) in [6, 6.07) is 0. The topological polar surface area (TPSA) is 15.6 Å². The normalized spacial score (nSPS) is 22.5. The number of allylic oxidation sites excluding steroid dienone is 1. The van der Waals surface area contributed by atoms with E-state index in [-0.39, 0.29) is 0 Å². The summed E-state index contributed by atoms with van der Waals surface area (Å²) >= 11 is 3.56. The van der Waals surface area contributed by atoms with Gasteiger partial charge in [0.25, 0.3) is 0 Å². The number of hydrogen-bond donors (Lipinski definition) is 0. The molecule has 56 valence electrons. The third-order valence-electron chi connectivity index (χ3n) is 1.28. The maximum atomic E-state index is 3.88. The first-order valence-electron chi connectivity index (χ1n) is 3.16. The summed E-state index contributed by atoms with van der Waals surface area (Å²) in [6.45, 7) is 2.90. The lowest BCUT2D eigenvalue weighted by Crippen LogP contribution is -2.08. The van der Waals surface area contributed by atoms with Crippen LogP contribution in [0.5, 0.6) is 0 Å². The molecule has 0 saturated heterocycles. The summed E-state index contributed by atoms with van der Waals surface area (Å²) in [5.74, 6) is 0. The Morgan fingerprint density at radius 2 is 2.64 bits per heavy atom. The van der Waals surface area contributed by atoms with Crippen molar-refractivity contribution >= 4 is 29.9 Å². The van der Waals surface area contributed by atoms with Gasteiger partial charge in [-0.05, 0) is 23.4 Å². The summed E-state index contributed by atoms with van der Waals surface area (Å²) in [7, 11) is 0. The van der Waals surface area contributed by atoms with E-state index in [1.54, 1.807) is 29.9 Å². The lowest BCUT2D eigenvalue weighted by atomic mass is 10.4. The molecule has 0 spiro atoms. The van der Waals surface area contributed by atoms with E-state index in [0.29, 0.717) is 0 Å². The van der Waals surface area contributed by atoms with Gasteiger partial charge < -0.3 is 0 Å². The van der Waals surface area contributed by atoms with E-state index in [2.05, 4.69) is 21.3 Å². The fourth-order valence-corrected chi connectivity index (χ4v) is 2.47. The van der Waals surface area contributed by atoms with Crippen molar-refractivity contribution < 1.29 is 0 Å². The summed E-state index contributed by atoms with van der Waals surface area (Å²) in [4.78, 5) is 3.88. The molecule has 4 heteroatoms. The maximum absolute atomic E-state index is 3.88. The van der Waals surface area contributed by atoms with Crippen molar-refractivity contribution in [3.05, 3.63) is 29.9 Å². The first-order chi connectivity index (χ1) is 5.47.